The van der Waals surface area contributed by atoms with Gasteiger partial charge in [0.25, 0.3) is 0 Å². The third-order valence-corrected chi connectivity index (χ3v) is 5.03. The first-order chi connectivity index (χ1) is 13.3. The largest absolute Gasteiger partial charge is 0.492 e. The molecule has 0 bridgehead atoms. The zero-order valence-electron chi connectivity index (χ0n) is 16.8. The minimum atomic E-state index is -3.21. The van der Waals surface area contributed by atoms with Crippen molar-refractivity contribution in [3.63, 3.8) is 0 Å². The Hall–Kier alpha value is -1.88. The molecule has 0 saturated carbocycles. The average Bonchev–Trinajstić information content (AvgIpc) is 2.65. The van der Waals surface area contributed by atoms with Gasteiger partial charge in [-0.2, -0.15) is 0 Å². The lowest BCUT2D eigenvalue weighted by Gasteiger charge is -2.22. The van der Waals surface area contributed by atoms with Gasteiger partial charge in [-0.25, -0.2) is 17.8 Å². The lowest BCUT2D eigenvalue weighted by atomic mass is 10.2. The highest BCUT2D eigenvalue weighted by Gasteiger charge is 2.08. The van der Waals surface area contributed by atoms with Crippen LogP contribution in [-0.4, -0.2) is 52.3 Å². The molecular weight excluding hydrogens is 508 g/mol. The third-order valence-electron chi connectivity index (χ3n) is 3.90. The Morgan fingerprint density at radius 1 is 1.14 bits per heavy atom. The molecule has 0 radical (unpaired) electrons. The zero-order valence-corrected chi connectivity index (χ0v) is 19.9. The molecule has 0 amide bonds. The van der Waals surface area contributed by atoms with E-state index in [0.29, 0.717) is 25.4 Å². The molecule has 29 heavy (non-hydrogen) atoms. The van der Waals surface area contributed by atoms with Gasteiger partial charge >= 0.3 is 0 Å². The van der Waals surface area contributed by atoms with Crippen molar-refractivity contribution in [2.24, 2.45) is 4.99 Å². The molecule has 2 aromatic carbocycles. The highest BCUT2D eigenvalue weighted by Crippen LogP contribution is 2.15. The van der Waals surface area contributed by atoms with Crippen LogP contribution < -0.4 is 10.1 Å². The second-order valence-corrected chi connectivity index (χ2v) is 8.33. The van der Waals surface area contributed by atoms with Crippen molar-refractivity contribution in [1.29, 1.82) is 0 Å². The molecule has 0 unspecified atom stereocenters. The van der Waals surface area contributed by atoms with Crippen molar-refractivity contribution in [2.75, 3.05) is 33.0 Å². The number of guanidine groups is 1. The van der Waals surface area contributed by atoms with Gasteiger partial charge in [-0.15, -0.1) is 24.0 Å². The number of hydrogen-bond donors (Lipinski definition) is 1. The summed E-state index contributed by atoms with van der Waals surface area (Å²) in [6.45, 7) is 4.10. The molecule has 1 N–H and O–H groups in total. The van der Waals surface area contributed by atoms with Gasteiger partial charge < -0.3 is 15.0 Å². The summed E-state index contributed by atoms with van der Waals surface area (Å²) in [6, 6.07) is 12.7. The van der Waals surface area contributed by atoms with Crippen LogP contribution in [0.1, 0.15) is 12.5 Å². The Labute approximate surface area is 189 Å². The molecule has 2 aromatic rings. The topological polar surface area (TPSA) is 71.0 Å². The number of hydrogen-bond acceptors (Lipinski definition) is 4. The van der Waals surface area contributed by atoms with Gasteiger partial charge in [-0.05, 0) is 48.9 Å². The van der Waals surface area contributed by atoms with Crippen LogP contribution in [0.3, 0.4) is 0 Å². The fourth-order valence-electron chi connectivity index (χ4n) is 2.51. The van der Waals surface area contributed by atoms with Crippen LogP contribution in [0.2, 0.25) is 0 Å². The summed E-state index contributed by atoms with van der Waals surface area (Å²) in [4.78, 5) is 6.75. The highest BCUT2D eigenvalue weighted by molar-refractivity contribution is 14.0. The summed E-state index contributed by atoms with van der Waals surface area (Å²) >= 11 is 0. The normalized spacial score (nSPS) is 11.5. The number of rotatable bonds is 8. The Morgan fingerprint density at radius 2 is 1.76 bits per heavy atom. The molecular formula is C20H27FIN3O3S. The summed E-state index contributed by atoms with van der Waals surface area (Å²) in [7, 11) is -1.30. The summed E-state index contributed by atoms with van der Waals surface area (Å²) < 4.78 is 41.6. The molecule has 0 aliphatic rings. The second kappa shape index (κ2) is 12.0. The maximum absolute atomic E-state index is 13.0. The molecule has 0 atom stereocenters. The number of nitrogens with zero attached hydrogens (tertiary/aromatic N) is 2. The van der Waals surface area contributed by atoms with Crippen molar-refractivity contribution >= 4 is 39.8 Å². The third kappa shape index (κ3) is 8.57. The maximum Gasteiger partial charge on any atom is 0.194 e. The molecule has 0 aromatic heterocycles. The van der Waals surface area contributed by atoms with E-state index in [0.717, 1.165) is 18.1 Å². The van der Waals surface area contributed by atoms with E-state index in [2.05, 4.69) is 10.3 Å². The van der Waals surface area contributed by atoms with Gasteiger partial charge in [0.1, 0.15) is 18.2 Å². The number of nitrogens with one attached hydrogen (secondary N) is 1. The van der Waals surface area contributed by atoms with E-state index in [1.165, 1.54) is 30.5 Å². The van der Waals surface area contributed by atoms with E-state index in [-0.39, 0.29) is 34.7 Å². The number of sulfone groups is 1. The minimum Gasteiger partial charge on any atom is -0.492 e. The summed E-state index contributed by atoms with van der Waals surface area (Å²) in [5.41, 5.74) is 0.983. The van der Waals surface area contributed by atoms with Crippen molar-refractivity contribution < 1.29 is 17.5 Å². The monoisotopic (exact) mass is 535 g/mol. The summed E-state index contributed by atoms with van der Waals surface area (Å²) in [5, 5.41) is 3.22. The number of ether oxygens (including phenoxy) is 1. The molecule has 0 aliphatic carbocycles. The van der Waals surface area contributed by atoms with Gasteiger partial charge in [-0.3, -0.25) is 0 Å². The van der Waals surface area contributed by atoms with Gasteiger partial charge in [0.15, 0.2) is 15.8 Å². The Kier molecular flexibility index (Phi) is 10.4. The lowest BCUT2D eigenvalue weighted by molar-refractivity contribution is 0.327. The average molecular weight is 535 g/mol. The zero-order chi connectivity index (χ0) is 20.6. The molecule has 0 spiro atoms. The number of benzene rings is 2. The van der Waals surface area contributed by atoms with Crippen molar-refractivity contribution in [3.8, 4) is 5.75 Å². The first-order valence-electron chi connectivity index (χ1n) is 8.96. The van der Waals surface area contributed by atoms with Crippen LogP contribution >= 0.6 is 24.0 Å². The van der Waals surface area contributed by atoms with E-state index in [9.17, 15) is 12.8 Å². The van der Waals surface area contributed by atoms with Gasteiger partial charge in [0, 0.05) is 26.4 Å². The smallest absolute Gasteiger partial charge is 0.194 e. The quantitative estimate of drug-likeness (QED) is 0.243. The predicted octanol–water partition coefficient (Wildman–Crippen LogP) is 3.32. The van der Waals surface area contributed by atoms with Crippen molar-refractivity contribution in [2.45, 2.75) is 18.4 Å². The lowest BCUT2D eigenvalue weighted by Crippen LogP contribution is -2.38. The van der Waals surface area contributed by atoms with Gasteiger partial charge in [0.05, 0.1) is 11.4 Å². The molecule has 6 nitrogen and oxygen atoms in total. The van der Waals surface area contributed by atoms with Crippen molar-refractivity contribution in [1.82, 2.24) is 10.2 Å². The molecule has 160 valence electrons. The summed E-state index contributed by atoms with van der Waals surface area (Å²) in [5.74, 6) is 1.06. The molecule has 2 rings (SSSR count). The first kappa shape index (κ1) is 25.2. The number of aliphatic imine (C=N–C) groups is 1. The highest BCUT2D eigenvalue weighted by atomic mass is 127. The summed E-state index contributed by atoms with van der Waals surface area (Å²) in [6.07, 6.45) is 1.17. The molecule has 0 aliphatic heterocycles. The molecule has 0 fully saturated rings. The number of halogens is 2. The maximum atomic E-state index is 13.0. The van der Waals surface area contributed by atoms with E-state index in [1.807, 2.05) is 18.9 Å². The van der Waals surface area contributed by atoms with Crippen LogP contribution in [-0.2, 0) is 16.4 Å². The minimum absolute atomic E-state index is 0. The van der Waals surface area contributed by atoms with Crippen LogP contribution in [0.25, 0.3) is 0 Å². The van der Waals surface area contributed by atoms with Crippen LogP contribution in [0.5, 0.6) is 5.75 Å². The van der Waals surface area contributed by atoms with Crippen LogP contribution in [0.15, 0.2) is 58.4 Å². The van der Waals surface area contributed by atoms with Gasteiger partial charge in [-0.1, -0.05) is 12.1 Å². The fraction of sp³-hybridized carbons (Fsp3) is 0.350. The van der Waals surface area contributed by atoms with Crippen LogP contribution in [0.4, 0.5) is 4.39 Å². The SMILES string of the molecule is CCNC(=NCCOc1ccc(S(C)(=O)=O)cc1)N(C)Cc1ccc(F)cc1.I. The van der Waals surface area contributed by atoms with E-state index in [1.54, 1.807) is 24.3 Å². The standard InChI is InChI=1S/C20H26FN3O3S.HI/c1-4-22-20(24(2)15-16-5-7-17(21)8-6-16)23-13-14-27-18-9-11-19(12-10-18)28(3,25)26;/h5-12H,4,13-15H2,1-3H3,(H,22,23);1H. The Balaban J connectivity index is 0.00000420. The molecule has 9 heteroatoms. The van der Waals surface area contributed by atoms with E-state index in [4.69, 9.17) is 4.74 Å². The molecule has 0 saturated heterocycles. The fourth-order valence-corrected chi connectivity index (χ4v) is 3.14. The van der Waals surface area contributed by atoms with E-state index >= 15 is 0 Å². The predicted molar refractivity (Wildman–Crippen MR) is 124 cm³/mol. The Bertz CT molecular complexity index is 888. The van der Waals surface area contributed by atoms with Crippen LogP contribution in [0, 0.1) is 5.82 Å². The second-order valence-electron chi connectivity index (χ2n) is 6.31. The molecule has 0 heterocycles. The van der Waals surface area contributed by atoms with Crippen molar-refractivity contribution in [3.05, 3.63) is 59.9 Å². The van der Waals surface area contributed by atoms with E-state index < -0.39 is 9.84 Å². The van der Waals surface area contributed by atoms with Gasteiger partial charge in [0.2, 0.25) is 0 Å². The first-order valence-corrected chi connectivity index (χ1v) is 10.9. The Morgan fingerprint density at radius 3 is 2.31 bits per heavy atom.